The van der Waals surface area contributed by atoms with Crippen molar-refractivity contribution in [3.8, 4) is 0 Å². The van der Waals surface area contributed by atoms with Gasteiger partial charge in [0.1, 0.15) is 5.82 Å². The average Bonchev–Trinajstić information content (AvgIpc) is 2.40. The van der Waals surface area contributed by atoms with Crippen LogP contribution in [0, 0.1) is 0 Å². The zero-order valence-corrected chi connectivity index (χ0v) is 9.08. The van der Waals surface area contributed by atoms with Gasteiger partial charge in [-0.1, -0.05) is 36.4 Å². The molecule has 0 bridgehead atoms. The van der Waals surface area contributed by atoms with Crippen molar-refractivity contribution >= 4 is 11.7 Å². The Kier molecular flexibility index (Phi) is 3.47. The fraction of sp³-hybridized carbons (Fsp3) is 0.0769. The smallest absolute Gasteiger partial charge is 0.258 e. The molecule has 0 saturated heterocycles. The third-order valence-electron chi connectivity index (χ3n) is 2.28. The minimum Gasteiger partial charge on any atom is -0.378 e. The summed E-state index contributed by atoms with van der Waals surface area (Å²) in [7, 11) is 0. The first-order valence-electron chi connectivity index (χ1n) is 5.22. The molecule has 0 fully saturated rings. The predicted molar refractivity (Wildman–Crippen MR) is 64.3 cm³/mol. The van der Waals surface area contributed by atoms with Crippen LogP contribution < -0.4 is 5.32 Å². The summed E-state index contributed by atoms with van der Waals surface area (Å²) in [5.41, 5.74) is 0.556. The molecule has 2 rings (SSSR count). The maximum absolute atomic E-state index is 11.7. The summed E-state index contributed by atoms with van der Waals surface area (Å²) >= 11 is 0. The van der Waals surface area contributed by atoms with Gasteiger partial charge >= 0.3 is 0 Å². The summed E-state index contributed by atoms with van der Waals surface area (Å²) in [6, 6.07) is 13.9. The third-order valence-corrected chi connectivity index (χ3v) is 2.28. The van der Waals surface area contributed by atoms with Crippen LogP contribution in [0.3, 0.4) is 0 Å². The lowest BCUT2D eigenvalue weighted by Crippen LogP contribution is -2.21. The van der Waals surface area contributed by atoms with Gasteiger partial charge < -0.3 is 10.4 Å². The molecule has 0 aliphatic carbocycles. The number of aliphatic hydroxyl groups is 1. The van der Waals surface area contributed by atoms with Gasteiger partial charge in [0.25, 0.3) is 5.91 Å². The molecule has 4 nitrogen and oxygen atoms in total. The minimum absolute atomic E-state index is 0.424. The van der Waals surface area contributed by atoms with E-state index in [4.69, 9.17) is 0 Å². The molecule has 0 aliphatic rings. The zero-order valence-electron chi connectivity index (χ0n) is 9.08. The fourth-order valence-corrected chi connectivity index (χ4v) is 1.42. The predicted octanol–water partition coefficient (Wildman–Crippen LogP) is 1.75. The molecule has 4 heteroatoms. The van der Waals surface area contributed by atoms with Gasteiger partial charge in [-0.3, -0.25) is 4.79 Å². The molecule has 17 heavy (non-hydrogen) atoms. The first kappa shape index (κ1) is 11.3. The Labute approximate surface area is 98.9 Å². The second-order valence-electron chi connectivity index (χ2n) is 3.52. The van der Waals surface area contributed by atoms with Crippen molar-refractivity contribution in [1.29, 1.82) is 0 Å². The summed E-state index contributed by atoms with van der Waals surface area (Å²) in [5.74, 6) is -0.0672. The maximum atomic E-state index is 11.7. The molecule has 0 unspecified atom stereocenters. The number of nitrogens with zero attached hydrogens (tertiary/aromatic N) is 1. The van der Waals surface area contributed by atoms with E-state index in [0.717, 1.165) is 0 Å². The topological polar surface area (TPSA) is 62.2 Å². The van der Waals surface area contributed by atoms with Gasteiger partial charge in [0.15, 0.2) is 6.10 Å². The first-order valence-corrected chi connectivity index (χ1v) is 5.22. The highest BCUT2D eigenvalue weighted by Crippen LogP contribution is 2.14. The van der Waals surface area contributed by atoms with Crippen molar-refractivity contribution in [3.05, 3.63) is 60.3 Å². The lowest BCUT2D eigenvalue weighted by Gasteiger charge is -2.10. The minimum atomic E-state index is -1.18. The normalized spacial score (nSPS) is 11.8. The van der Waals surface area contributed by atoms with Crippen LogP contribution in [0.2, 0.25) is 0 Å². The highest BCUT2D eigenvalue weighted by Gasteiger charge is 2.16. The number of anilines is 1. The Morgan fingerprint density at radius 1 is 1.12 bits per heavy atom. The number of pyridine rings is 1. The van der Waals surface area contributed by atoms with Crippen molar-refractivity contribution < 1.29 is 9.90 Å². The van der Waals surface area contributed by atoms with Crippen LogP contribution in [-0.4, -0.2) is 16.0 Å². The van der Waals surface area contributed by atoms with Gasteiger partial charge in [0.2, 0.25) is 0 Å². The molecule has 0 aliphatic heterocycles. The number of hydrogen-bond donors (Lipinski definition) is 2. The number of rotatable bonds is 3. The van der Waals surface area contributed by atoms with E-state index in [1.807, 2.05) is 6.07 Å². The van der Waals surface area contributed by atoms with Crippen molar-refractivity contribution in [1.82, 2.24) is 4.98 Å². The molecule has 2 N–H and O–H groups in total. The van der Waals surface area contributed by atoms with Gasteiger partial charge in [0.05, 0.1) is 0 Å². The standard InChI is InChI=1S/C13H12N2O2/c16-12(10-6-2-1-3-7-10)13(17)15-11-8-4-5-9-14-11/h1-9,12,16H,(H,14,15,17)/t12-/m1/s1. The number of amides is 1. The summed E-state index contributed by atoms with van der Waals surface area (Å²) in [6.45, 7) is 0. The lowest BCUT2D eigenvalue weighted by molar-refractivity contribution is -0.124. The van der Waals surface area contributed by atoms with E-state index in [1.165, 1.54) is 0 Å². The van der Waals surface area contributed by atoms with Crippen molar-refractivity contribution in [2.45, 2.75) is 6.10 Å². The van der Waals surface area contributed by atoms with Gasteiger partial charge in [-0.2, -0.15) is 0 Å². The molecular formula is C13H12N2O2. The summed E-state index contributed by atoms with van der Waals surface area (Å²) < 4.78 is 0. The quantitative estimate of drug-likeness (QED) is 0.841. The molecule has 1 heterocycles. The summed E-state index contributed by atoms with van der Waals surface area (Å²) in [6.07, 6.45) is 0.392. The molecule has 2 aromatic rings. The van der Waals surface area contributed by atoms with E-state index in [2.05, 4.69) is 10.3 Å². The highest BCUT2D eigenvalue weighted by molar-refractivity contribution is 5.93. The van der Waals surface area contributed by atoms with Crippen molar-refractivity contribution in [2.75, 3.05) is 5.32 Å². The fourth-order valence-electron chi connectivity index (χ4n) is 1.42. The number of carbonyl (C=O) groups is 1. The van der Waals surface area contributed by atoms with Crippen LogP contribution in [-0.2, 0) is 4.79 Å². The van der Waals surface area contributed by atoms with Crippen LogP contribution in [0.5, 0.6) is 0 Å². The Bertz CT molecular complexity index is 485. The molecule has 0 spiro atoms. The van der Waals surface area contributed by atoms with E-state index < -0.39 is 12.0 Å². The molecule has 0 radical (unpaired) electrons. The Hall–Kier alpha value is -2.20. The van der Waals surface area contributed by atoms with Crippen LogP contribution in [0.4, 0.5) is 5.82 Å². The number of aliphatic hydroxyl groups excluding tert-OH is 1. The monoisotopic (exact) mass is 228 g/mol. The molecule has 0 saturated carbocycles. The highest BCUT2D eigenvalue weighted by atomic mass is 16.3. The SMILES string of the molecule is O=C(Nc1ccccn1)[C@H](O)c1ccccc1. The number of hydrogen-bond acceptors (Lipinski definition) is 3. The average molecular weight is 228 g/mol. The maximum Gasteiger partial charge on any atom is 0.258 e. The van der Waals surface area contributed by atoms with Gasteiger partial charge in [-0.25, -0.2) is 4.98 Å². The van der Waals surface area contributed by atoms with Crippen LogP contribution in [0.25, 0.3) is 0 Å². The van der Waals surface area contributed by atoms with Crippen LogP contribution in [0.15, 0.2) is 54.7 Å². The molecule has 1 amide bonds. The molecule has 1 atom stereocenters. The third kappa shape index (κ3) is 2.89. The van der Waals surface area contributed by atoms with E-state index >= 15 is 0 Å². The molecule has 1 aromatic heterocycles. The van der Waals surface area contributed by atoms with Gasteiger partial charge in [-0.15, -0.1) is 0 Å². The van der Waals surface area contributed by atoms with Crippen molar-refractivity contribution in [3.63, 3.8) is 0 Å². The van der Waals surface area contributed by atoms with Crippen LogP contribution in [0.1, 0.15) is 11.7 Å². The van der Waals surface area contributed by atoms with Crippen molar-refractivity contribution in [2.24, 2.45) is 0 Å². The van der Waals surface area contributed by atoms with Gasteiger partial charge in [-0.05, 0) is 17.7 Å². The van der Waals surface area contributed by atoms with E-state index in [1.54, 1.807) is 48.7 Å². The number of carbonyl (C=O) groups excluding carboxylic acids is 1. The molecule has 86 valence electrons. The van der Waals surface area contributed by atoms with E-state index in [-0.39, 0.29) is 0 Å². The number of aromatic nitrogens is 1. The summed E-state index contributed by atoms with van der Waals surface area (Å²) in [4.78, 5) is 15.7. The lowest BCUT2D eigenvalue weighted by atomic mass is 10.1. The number of benzene rings is 1. The second kappa shape index (κ2) is 5.23. The van der Waals surface area contributed by atoms with Gasteiger partial charge in [0, 0.05) is 6.20 Å². The Balaban J connectivity index is 2.06. The number of nitrogens with one attached hydrogen (secondary N) is 1. The van der Waals surface area contributed by atoms with E-state index in [9.17, 15) is 9.90 Å². The van der Waals surface area contributed by atoms with E-state index in [0.29, 0.717) is 11.4 Å². The molecular weight excluding hydrogens is 216 g/mol. The Morgan fingerprint density at radius 3 is 2.47 bits per heavy atom. The van der Waals surface area contributed by atoms with Crippen LogP contribution >= 0.6 is 0 Å². The Morgan fingerprint density at radius 2 is 1.82 bits per heavy atom. The first-order chi connectivity index (χ1) is 8.27. The summed E-state index contributed by atoms with van der Waals surface area (Å²) in [5, 5.41) is 12.4. The largest absolute Gasteiger partial charge is 0.378 e. The zero-order chi connectivity index (χ0) is 12.1. The molecule has 1 aromatic carbocycles. The second-order valence-corrected chi connectivity index (χ2v) is 3.52.